The number of aliphatic hydroxyl groups is 6. The summed E-state index contributed by atoms with van der Waals surface area (Å²) in [5.41, 5.74) is 4.37. The van der Waals surface area contributed by atoms with E-state index in [1.54, 1.807) is 0 Å². The smallest absolute Gasteiger partial charge is 0.477 e. The number of nitrogens with one attached hydrogen (secondary N) is 1. The summed E-state index contributed by atoms with van der Waals surface area (Å²) in [5.74, 6) is -7.97. The monoisotopic (exact) mass is 716 g/mol. The van der Waals surface area contributed by atoms with Crippen LogP contribution in [0.2, 0.25) is 0 Å². The predicted molar refractivity (Wildman–Crippen MR) is 155 cm³/mol. The third kappa shape index (κ3) is 9.53. The van der Waals surface area contributed by atoms with E-state index in [0.29, 0.717) is 16.7 Å². The van der Waals surface area contributed by atoms with Gasteiger partial charge >= 0.3 is 19.5 Å². The van der Waals surface area contributed by atoms with Crippen molar-refractivity contribution >= 4 is 43.9 Å². The normalized spacial score (nSPS) is 31.9. The second-order valence-electron chi connectivity index (χ2n) is 10.7. The number of hydrogen-bond donors (Lipinski definition) is 11. The van der Waals surface area contributed by atoms with E-state index in [-0.39, 0.29) is 12.2 Å². The number of aromatic nitrogens is 2. The number of nitrogen functional groups attached to an aromatic ring is 1. The zero-order chi connectivity index (χ0) is 35.3. The van der Waals surface area contributed by atoms with Gasteiger partial charge in [-0.1, -0.05) is 0 Å². The molecule has 3 unspecified atom stereocenters. The molecule has 2 saturated heterocycles. The largest absolute Gasteiger partial charge is 0.477 e. The van der Waals surface area contributed by atoms with Crippen LogP contribution in [0.5, 0.6) is 0 Å². The number of thiol groups is 1. The minimum atomic E-state index is -5.77. The van der Waals surface area contributed by atoms with Crippen molar-refractivity contribution in [2.75, 3.05) is 24.6 Å². The number of aliphatic hydroxyl groups excluding tert-OH is 6. The molecule has 3 rings (SSSR count). The summed E-state index contributed by atoms with van der Waals surface area (Å²) in [6.45, 7) is -1.64. The van der Waals surface area contributed by atoms with Crippen molar-refractivity contribution in [3.63, 3.8) is 0 Å². The lowest BCUT2D eigenvalue weighted by Crippen LogP contribution is -2.62. The second kappa shape index (κ2) is 16.2. The molecule has 0 radical (unpaired) electrons. The Balaban J connectivity index is 1.82. The van der Waals surface area contributed by atoms with Gasteiger partial charge in [-0.25, -0.2) is 18.7 Å². The average Bonchev–Trinajstić information content (AvgIpc) is 3.26. The van der Waals surface area contributed by atoms with Crippen molar-refractivity contribution in [3.05, 3.63) is 22.7 Å². The number of phosphoric acid groups is 1. The van der Waals surface area contributed by atoms with Crippen molar-refractivity contribution < 1.29 is 78.1 Å². The second-order valence-corrected chi connectivity index (χ2v) is 12.5. The molecule has 2 fully saturated rings. The summed E-state index contributed by atoms with van der Waals surface area (Å²) < 4.78 is 33.9. The van der Waals surface area contributed by atoms with Gasteiger partial charge in [-0.05, 0) is 18.2 Å². The van der Waals surface area contributed by atoms with Gasteiger partial charge in [0.25, 0.3) is 5.79 Å². The summed E-state index contributed by atoms with van der Waals surface area (Å²) in [6, 6.07) is 1.14. The van der Waals surface area contributed by atoms with Crippen molar-refractivity contribution in [1.82, 2.24) is 14.9 Å². The van der Waals surface area contributed by atoms with E-state index < -0.39 is 118 Å². The molecule has 1 amide bonds. The number of nitrogens with two attached hydrogens (primary N) is 1. The van der Waals surface area contributed by atoms with E-state index >= 15 is 0 Å². The van der Waals surface area contributed by atoms with Gasteiger partial charge in [0.2, 0.25) is 5.91 Å². The maximum absolute atomic E-state index is 13.1. The first-order valence-electron chi connectivity index (χ1n) is 14.0. The first kappa shape index (κ1) is 38.9. The fourth-order valence-electron chi connectivity index (χ4n) is 4.90. The van der Waals surface area contributed by atoms with E-state index in [4.69, 9.17) is 24.3 Å². The van der Waals surface area contributed by atoms with Gasteiger partial charge in [-0.2, -0.15) is 17.6 Å². The molecule has 0 aliphatic carbocycles. The molecule has 47 heavy (non-hydrogen) atoms. The molecule has 266 valence electrons. The maximum Gasteiger partial charge on any atom is 0.477 e. The summed E-state index contributed by atoms with van der Waals surface area (Å²) >= 11 is 3.98. The number of carbonyl (C=O) groups is 3. The molecule has 11 atom stereocenters. The van der Waals surface area contributed by atoms with E-state index in [1.807, 2.05) is 0 Å². The zero-order valence-electron chi connectivity index (χ0n) is 24.4. The van der Waals surface area contributed by atoms with Crippen molar-refractivity contribution in [3.8, 4) is 0 Å². The highest BCUT2D eigenvalue weighted by atomic mass is 32.1. The molecule has 23 heteroatoms. The number of carboxylic acid groups (broad SMARTS) is 1. The highest BCUT2D eigenvalue weighted by molar-refractivity contribution is 7.80. The Morgan fingerprint density at radius 3 is 2.53 bits per heavy atom. The van der Waals surface area contributed by atoms with Gasteiger partial charge in [0.1, 0.15) is 30.2 Å². The molecule has 1 aromatic rings. The summed E-state index contributed by atoms with van der Waals surface area (Å²) in [5, 5.41) is 74.2. The molecule has 3 heterocycles. The Morgan fingerprint density at radius 2 is 1.94 bits per heavy atom. The Labute approximate surface area is 270 Å². The SMILES string of the molecule is Nc1ccn([C@@H]2O[C@H](OP(=O)(O)O[C@@]3(C(=O)O)C[C@@H](O)[C@@H](CC(=O)CNC(=O)CCCS)C([C@H](O)[C@H](O)CO)O3)[C@H](O)C2O)c(=O)n1. The topological polar surface area (TPSA) is 340 Å². The standard InChI is InChI=1S/C24H37N4O17PS/c25-14-3-4-28(23(39)27-14)20-17(35)18(36)21(42-20)44-46(40,41)45-24(22(37)38)7-12(31)11(19(43-24)16(34)13(32)9-29)6-10(30)8-26-15(33)2-1-5-47/h3-4,11-13,16-21,29,31-32,34-36,47H,1-2,5-9H2,(H,26,33)(H,37,38)(H,40,41)(H2,25,27,39)/t11-,12-,13-,16-,17?,18-,19?,20-,21-,24-/m1/s1. The van der Waals surface area contributed by atoms with Crippen LogP contribution in [0, 0.1) is 5.92 Å². The van der Waals surface area contributed by atoms with Crippen LogP contribution < -0.4 is 16.7 Å². The van der Waals surface area contributed by atoms with Crippen LogP contribution >= 0.6 is 20.5 Å². The number of phosphoric ester groups is 1. The van der Waals surface area contributed by atoms with Gasteiger partial charge < -0.3 is 61.2 Å². The number of rotatable bonds is 16. The molecule has 0 saturated carbocycles. The highest BCUT2D eigenvalue weighted by Crippen LogP contribution is 2.54. The molecule has 0 aromatic carbocycles. The molecule has 0 spiro atoms. The molecule has 2 aliphatic rings. The van der Waals surface area contributed by atoms with Gasteiger partial charge in [-0.15, -0.1) is 0 Å². The van der Waals surface area contributed by atoms with Crippen molar-refractivity contribution in [2.45, 2.75) is 80.6 Å². The van der Waals surface area contributed by atoms with Crippen molar-refractivity contribution in [2.24, 2.45) is 5.92 Å². The number of amides is 1. The fourth-order valence-corrected chi connectivity index (χ4v) is 6.11. The van der Waals surface area contributed by atoms with Gasteiger partial charge in [0.15, 0.2) is 18.3 Å². The lowest BCUT2D eigenvalue weighted by atomic mass is 9.80. The third-order valence-electron chi connectivity index (χ3n) is 7.29. The van der Waals surface area contributed by atoms with Crippen LogP contribution in [-0.2, 0) is 37.5 Å². The first-order valence-corrected chi connectivity index (χ1v) is 16.1. The Kier molecular flexibility index (Phi) is 13.4. The summed E-state index contributed by atoms with van der Waals surface area (Å²) in [6.07, 6.45) is -16.6. The van der Waals surface area contributed by atoms with E-state index in [1.165, 1.54) is 0 Å². The number of aliphatic carboxylic acids is 1. The lowest BCUT2D eigenvalue weighted by molar-refractivity contribution is -0.299. The van der Waals surface area contributed by atoms with Crippen LogP contribution in [0.25, 0.3) is 0 Å². The van der Waals surface area contributed by atoms with Gasteiger partial charge in [0.05, 0.1) is 25.4 Å². The molecule has 1 aromatic heterocycles. The molecule has 0 bridgehead atoms. The number of nitrogens with zero attached hydrogens (tertiary/aromatic N) is 2. The minimum absolute atomic E-state index is 0.0668. The quantitative estimate of drug-likeness (QED) is 0.0568. The number of anilines is 1. The minimum Gasteiger partial charge on any atom is -0.477 e. The highest BCUT2D eigenvalue weighted by Gasteiger charge is 2.59. The number of ketones is 1. The number of hydrogen-bond acceptors (Lipinski definition) is 18. The predicted octanol–water partition coefficient (Wildman–Crippen LogP) is -4.42. The Morgan fingerprint density at radius 1 is 1.26 bits per heavy atom. The molecular formula is C24H37N4O17PS. The number of carbonyl (C=O) groups excluding carboxylic acids is 2. The van der Waals surface area contributed by atoms with Crippen LogP contribution in [0.4, 0.5) is 5.82 Å². The third-order valence-corrected chi connectivity index (χ3v) is 8.61. The van der Waals surface area contributed by atoms with Crippen LogP contribution in [0.15, 0.2) is 17.1 Å². The number of carboxylic acids is 1. The van der Waals surface area contributed by atoms with Crippen LogP contribution in [0.3, 0.4) is 0 Å². The first-order chi connectivity index (χ1) is 21.9. The van der Waals surface area contributed by atoms with E-state index in [0.717, 1.165) is 12.3 Å². The molecule has 2 aliphatic heterocycles. The van der Waals surface area contributed by atoms with Gasteiger partial charge in [-0.3, -0.25) is 18.7 Å². The number of ether oxygens (including phenoxy) is 2. The van der Waals surface area contributed by atoms with E-state index in [2.05, 4.69) is 22.9 Å². The van der Waals surface area contributed by atoms with Crippen LogP contribution in [0.1, 0.15) is 31.9 Å². The fraction of sp³-hybridized carbons (Fsp3) is 0.708. The molecular weight excluding hydrogens is 679 g/mol. The number of Topliss-reactive ketones (excluding diaryl/α,β-unsaturated/α-hetero) is 1. The Hall–Kier alpha value is -2.57. The summed E-state index contributed by atoms with van der Waals surface area (Å²) in [7, 11) is -5.77. The van der Waals surface area contributed by atoms with Gasteiger partial charge in [0, 0.05) is 31.4 Å². The molecule has 11 N–H and O–H groups in total. The maximum atomic E-state index is 13.1. The summed E-state index contributed by atoms with van der Waals surface area (Å²) in [4.78, 5) is 63.0. The zero-order valence-corrected chi connectivity index (χ0v) is 26.2. The molecule has 21 nitrogen and oxygen atoms in total. The Bertz CT molecular complexity index is 1390. The lowest BCUT2D eigenvalue weighted by Gasteiger charge is -2.46. The van der Waals surface area contributed by atoms with E-state index in [9.17, 15) is 64.4 Å². The van der Waals surface area contributed by atoms with Crippen LogP contribution in [-0.4, -0.2) is 135 Å². The average molecular weight is 717 g/mol. The van der Waals surface area contributed by atoms with Crippen molar-refractivity contribution in [1.29, 1.82) is 0 Å².